The maximum atomic E-state index is 9.93. The number of rotatable bonds is 2. The molecule has 0 saturated carbocycles. The van der Waals surface area contributed by atoms with E-state index >= 15 is 0 Å². The van der Waals surface area contributed by atoms with Gasteiger partial charge in [0, 0.05) is 50.6 Å². The fraction of sp³-hybridized carbons (Fsp3) is 0.304. The average Bonchev–Trinajstić information content (AvgIpc) is 3.10. The first kappa shape index (κ1) is 19.3. The monoisotopic (exact) mass is 415 g/mol. The first-order chi connectivity index (χ1) is 15.0. The highest BCUT2D eigenvalue weighted by Gasteiger charge is 2.27. The Balaban J connectivity index is 1.66. The molecule has 8 heteroatoms. The van der Waals surface area contributed by atoms with E-state index in [9.17, 15) is 5.26 Å². The number of hydrogen-bond donors (Lipinski definition) is 2. The molecular formula is C23H25N7O. The number of para-hydroxylation sites is 1. The number of nitrogens with one attached hydrogen (secondary N) is 2. The van der Waals surface area contributed by atoms with Gasteiger partial charge in [0.15, 0.2) is 0 Å². The van der Waals surface area contributed by atoms with Gasteiger partial charge in [-0.1, -0.05) is 6.07 Å². The van der Waals surface area contributed by atoms with E-state index in [2.05, 4.69) is 57.9 Å². The van der Waals surface area contributed by atoms with E-state index in [1.807, 2.05) is 31.4 Å². The molecule has 1 atom stereocenters. The lowest BCUT2D eigenvalue weighted by Gasteiger charge is -2.38. The molecular weight excluding hydrogens is 390 g/mol. The Morgan fingerprint density at radius 2 is 2.03 bits per heavy atom. The molecule has 0 fully saturated rings. The van der Waals surface area contributed by atoms with Crippen molar-refractivity contribution in [3.8, 4) is 17.2 Å². The van der Waals surface area contributed by atoms with Crippen molar-refractivity contribution < 1.29 is 4.84 Å². The number of likely N-dealkylation sites (N-methyl/N-ethyl adjacent to an activating group) is 1. The van der Waals surface area contributed by atoms with Crippen LogP contribution in [0.3, 0.4) is 0 Å². The Morgan fingerprint density at radius 3 is 2.81 bits per heavy atom. The molecule has 158 valence electrons. The highest BCUT2D eigenvalue weighted by molar-refractivity contribution is 5.92. The van der Waals surface area contributed by atoms with Crippen LogP contribution in [0.2, 0.25) is 0 Å². The Bertz CT molecular complexity index is 1180. The van der Waals surface area contributed by atoms with E-state index in [-0.39, 0.29) is 6.04 Å². The lowest BCUT2D eigenvalue weighted by atomic mass is 9.98. The summed E-state index contributed by atoms with van der Waals surface area (Å²) in [6, 6.07) is 12.8. The van der Waals surface area contributed by atoms with E-state index in [0.29, 0.717) is 12.2 Å². The molecule has 0 saturated heterocycles. The van der Waals surface area contributed by atoms with Crippen molar-refractivity contribution in [1.82, 2.24) is 9.78 Å². The number of anilines is 5. The third-order valence-electron chi connectivity index (χ3n) is 5.85. The number of aromatic nitrogens is 2. The largest absolute Gasteiger partial charge is 0.377 e. The zero-order valence-corrected chi connectivity index (χ0v) is 17.9. The summed E-state index contributed by atoms with van der Waals surface area (Å²) in [6.45, 7) is 4.35. The van der Waals surface area contributed by atoms with Crippen LogP contribution in [-0.2, 0) is 11.9 Å². The molecule has 0 spiro atoms. The first-order valence-electron chi connectivity index (χ1n) is 10.4. The molecule has 3 heterocycles. The van der Waals surface area contributed by atoms with Gasteiger partial charge in [-0.05, 0) is 31.2 Å². The summed E-state index contributed by atoms with van der Waals surface area (Å²) < 4.78 is 1.76. The second kappa shape index (κ2) is 7.52. The van der Waals surface area contributed by atoms with Gasteiger partial charge < -0.3 is 15.1 Å². The van der Waals surface area contributed by atoms with Crippen LogP contribution in [0, 0.1) is 11.3 Å². The van der Waals surface area contributed by atoms with Crippen molar-refractivity contribution >= 4 is 28.4 Å². The topological polar surface area (TPSA) is 81.4 Å². The van der Waals surface area contributed by atoms with Crippen molar-refractivity contribution in [2.75, 3.05) is 47.3 Å². The molecule has 31 heavy (non-hydrogen) atoms. The molecule has 0 bridgehead atoms. The van der Waals surface area contributed by atoms with Crippen molar-refractivity contribution in [3.05, 3.63) is 48.3 Å². The molecule has 0 amide bonds. The van der Waals surface area contributed by atoms with Crippen molar-refractivity contribution in [3.63, 3.8) is 0 Å². The van der Waals surface area contributed by atoms with Crippen LogP contribution in [0.5, 0.6) is 0 Å². The lowest BCUT2D eigenvalue weighted by Crippen LogP contribution is -2.37. The van der Waals surface area contributed by atoms with Crippen molar-refractivity contribution in [1.29, 1.82) is 5.26 Å². The molecule has 0 unspecified atom stereocenters. The molecule has 0 aliphatic carbocycles. The fourth-order valence-electron chi connectivity index (χ4n) is 4.27. The van der Waals surface area contributed by atoms with Gasteiger partial charge in [0.1, 0.15) is 0 Å². The molecule has 8 nitrogen and oxygen atoms in total. The van der Waals surface area contributed by atoms with Gasteiger partial charge in [0.25, 0.3) is 0 Å². The summed E-state index contributed by atoms with van der Waals surface area (Å²) in [5.41, 5.74) is 10.6. The predicted octanol–water partition coefficient (Wildman–Crippen LogP) is 3.70. The minimum Gasteiger partial charge on any atom is -0.377 e. The second-order valence-electron chi connectivity index (χ2n) is 8.13. The maximum absolute atomic E-state index is 9.93. The summed E-state index contributed by atoms with van der Waals surface area (Å²) in [5, 5.41) is 17.8. The standard InChI is InChI=1S/C23H25N7O/c1-15-14-31-27-19-5-4-6-20(23(19)26-15)30-8-7-28(2)21-10-18(16(11-24)9-22(21)30)17-12-25-29(3)13-17/h4-6,9-10,12-13,15,26-27H,7-8,14H2,1-3H3/t15-/m1/s1. The third-order valence-corrected chi connectivity index (χ3v) is 5.85. The highest BCUT2D eigenvalue weighted by Crippen LogP contribution is 2.45. The van der Waals surface area contributed by atoms with Gasteiger partial charge in [0.05, 0.1) is 52.9 Å². The van der Waals surface area contributed by atoms with Gasteiger partial charge in [0.2, 0.25) is 0 Å². The fourth-order valence-corrected chi connectivity index (χ4v) is 4.27. The van der Waals surface area contributed by atoms with Gasteiger partial charge in [-0.3, -0.25) is 15.0 Å². The van der Waals surface area contributed by atoms with Crippen molar-refractivity contribution in [2.24, 2.45) is 7.05 Å². The minimum atomic E-state index is 0.171. The molecule has 2 aliphatic rings. The number of hydrogen-bond acceptors (Lipinski definition) is 7. The van der Waals surface area contributed by atoms with E-state index in [4.69, 9.17) is 4.84 Å². The summed E-state index contributed by atoms with van der Waals surface area (Å²) in [7, 11) is 3.98. The van der Waals surface area contributed by atoms with Crippen LogP contribution in [0.15, 0.2) is 42.7 Å². The first-order valence-corrected chi connectivity index (χ1v) is 10.4. The maximum Gasteiger partial charge on any atom is 0.0999 e. The van der Waals surface area contributed by atoms with Crippen LogP contribution in [0.4, 0.5) is 28.4 Å². The number of aryl methyl sites for hydroxylation is 1. The van der Waals surface area contributed by atoms with E-state index in [0.717, 1.165) is 52.7 Å². The van der Waals surface area contributed by atoms with Crippen molar-refractivity contribution in [2.45, 2.75) is 13.0 Å². The SMILES string of the molecule is C[C@@H]1CONc2cccc(N3CCN(C)c4cc(-c5cnn(C)c5)c(C#N)cc43)c2N1. The van der Waals surface area contributed by atoms with E-state index in [1.165, 1.54) is 0 Å². The van der Waals surface area contributed by atoms with Crippen LogP contribution in [0.1, 0.15) is 12.5 Å². The van der Waals surface area contributed by atoms with Crippen LogP contribution >= 0.6 is 0 Å². The third kappa shape index (κ3) is 3.33. The number of nitrogens with zero attached hydrogens (tertiary/aromatic N) is 5. The average molecular weight is 416 g/mol. The summed E-state index contributed by atoms with van der Waals surface area (Å²) in [4.78, 5) is 10.1. The molecule has 5 rings (SSSR count). The van der Waals surface area contributed by atoms with Gasteiger partial charge in [-0.15, -0.1) is 0 Å². The Morgan fingerprint density at radius 1 is 1.16 bits per heavy atom. The molecule has 2 N–H and O–H groups in total. The number of benzene rings is 2. The predicted molar refractivity (Wildman–Crippen MR) is 123 cm³/mol. The molecule has 3 aromatic rings. The molecule has 2 aromatic carbocycles. The van der Waals surface area contributed by atoms with E-state index in [1.54, 1.807) is 10.9 Å². The number of nitriles is 1. The summed E-state index contributed by atoms with van der Waals surface area (Å²) in [5.74, 6) is 0. The van der Waals surface area contributed by atoms with Crippen LogP contribution in [-0.4, -0.2) is 42.6 Å². The minimum absolute atomic E-state index is 0.171. The van der Waals surface area contributed by atoms with Crippen LogP contribution in [0.25, 0.3) is 11.1 Å². The number of fused-ring (bicyclic) bond motifs is 2. The van der Waals surface area contributed by atoms with Gasteiger partial charge in [-0.25, -0.2) is 0 Å². The van der Waals surface area contributed by atoms with Crippen LogP contribution < -0.4 is 20.6 Å². The normalized spacial score (nSPS) is 17.7. The lowest BCUT2D eigenvalue weighted by molar-refractivity contribution is 0.190. The second-order valence-corrected chi connectivity index (χ2v) is 8.13. The van der Waals surface area contributed by atoms with E-state index < -0.39 is 0 Å². The quantitative estimate of drug-likeness (QED) is 0.660. The smallest absolute Gasteiger partial charge is 0.0999 e. The molecule has 1 aromatic heterocycles. The molecule has 0 radical (unpaired) electrons. The summed E-state index contributed by atoms with van der Waals surface area (Å²) >= 11 is 0. The zero-order chi connectivity index (χ0) is 21.5. The van der Waals surface area contributed by atoms with Gasteiger partial charge in [-0.2, -0.15) is 10.4 Å². The Labute approximate surface area is 181 Å². The zero-order valence-electron chi connectivity index (χ0n) is 17.9. The molecule has 2 aliphatic heterocycles. The Kier molecular flexibility index (Phi) is 4.68. The van der Waals surface area contributed by atoms with Gasteiger partial charge >= 0.3 is 0 Å². The Hall–Kier alpha value is -3.70. The highest BCUT2D eigenvalue weighted by atomic mass is 16.6. The summed E-state index contributed by atoms with van der Waals surface area (Å²) in [6.07, 6.45) is 3.74.